The van der Waals surface area contributed by atoms with Gasteiger partial charge in [-0.05, 0) is 61.1 Å². The lowest BCUT2D eigenvalue weighted by Gasteiger charge is -2.26. The molecule has 208 valence electrons. The van der Waals surface area contributed by atoms with Crippen molar-refractivity contribution in [3.05, 3.63) is 87.9 Å². The maximum atomic E-state index is 13.5. The Morgan fingerprint density at radius 2 is 1.93 bits per heavy atom. The molecule has 4 aromatic rings. The fourth-order valence-corrected chi connectivity index (χ4v) is 5.54. The summed E-state index contributed by atoms with van der Waals surface area (Å²) in [4.78, 5) is 56.5. The predicted molar refractivity (Wildman–Crippen MR) is 149 cm³/mol. The Bertz CT molecular complexity index is 1760. The van der Waals surface area contributed by atoms with E-state index in [9.17, 15) is 19.2 Å². The summed E-state index contributed by atoms with van der Waals surface area (Å²) >= 11 is 0. The Hall–Kier alpha value is -5.06. The summed E-state index contributed by atoms with van der Waals surface area (Å²) in [5.74, 6) is -0.377. The van der Waals surface area contributed by atoms with Crippen molar-refractivity contribution in [1.29, 1.82) is 0 Å². The minimum absolute atomic E-state index is 0.00801. The van der Waals surface area contributed by atoms with Gasteiger partial charge < -0.3 is 20.3 Å². The third-order valence-electron chi connectivity index (χ3n) is 7.77. The number of carbonyl (C=O) groups is 4. The van der Waals surface area contributed by atoms with E-state index in [0.717, 1.165) is 28.7 Å². The van der Waals surface area contributed by atoms with E-state index in [1.165, 1.54) is 21.7 Å². The molecule has 0 bridgehead atoms. The van der Waals surface area contributed by atoms with Crippen molar-refractivity contribution in [2.75, 3.05) is 18.6 Å². The fourth-order valence-electron chi connectivity index (χ4n) is 5.54. The summed E-state index contributed by atoms with van der Waals surface area (Å²) in [6.07, 6.45) is 2.98. The van der Waals surface area contributed by atoms with Crippen LogP contribution in [0.25, 0.3) is 5.65 Å². The number of hydrogen-bond acceptors (Lipinski definition) is 7. The summed E-state index contributed by atoms with van der Waals surface area (Å²) in [6.45, 7) is 3.67. The molecule has 11 nitrogen and oxygen atoms in total. The molecule has 2 aromatic heterocycles. The van der Waals surface area contributed by atoms with Gasteiger partial charge in [0, 0.05) is 31.3 Å². The third kappa shape index (κ3) is 4.69. The van der Waals surface area contributed by atoms with Crippen LogP contribution in [0.5, 0.6) is 5.75 Å². The van der Waals surface area contributed by atoms with Crippen molar-refractivity contribution in [3.8, 4) is 5.75 Å². The minimum atomic E-state index is -0.459. The molecule has 0 fully saturated rings. The first-order chi connectivity index (χ1) is 19.7. The van der Waals surface area contributed by atoms with Crippen molar-refractivity contribution < 1.29 is 23.9 Å². The van der Waals surface area contributed by atoms with Crippen LogP contribution in [0.4, 0.5) is 5.69 Å². The topological polar surface area (TPSA) is 135 Å². The van der Waals surface area contributed by atoms with E-state index in [1.54, 1.807) is 32.2 Å². The molecule has 3 amide bonds. The van der Waals surface area contributed by atoms with Gasteiger partial charge in [-0.2, -0.15) is 5.10 Å². The van der Waals surface area contributed by atoms with Crippen LogP contribution in [-0.2, 0) is 17.8 Å². The van der Waals surface area contributed by atoms with E-state index in [4.69, 9.17) is 4.74 Å². The maximum absolute atomic E-state index is 13.5. The zero-order valence-corrected chi connectivity index (χ0v) is 22.9. The zero-order valence-electron chi connectivity index (χ0n) is 22.9. The first kappa shape index (κ1) is 26.2. The second-order valence-electron chi connectivity index (χ2n) is 10.3. The van der Waals surface area contributed by atoms with Crippen LogP contribution in [0.3, 0.4) is 0 Å². The van der Waals surface area contributed by atoms with Gasteiger partial charge in [0.25, 0.3) is 17.7 Å². The highest BCUT2D eigenvalue weighted by Gasteiger charge is 2.28. The zero-order chi connectivity index (χ0) is 28.8. The van der Waals surface area contributed by atoms with Gasteiger partial charge in [-0.25, -0.2) is 9.50 Å². The molecule has 0 radical (unpaired) electrons. The number of carbonyl (C=O) groups excluding carboxylic acids is 4. The van der Waals surface area contributed by atoms with E-state index >= 15 is 0 Å². The van der Waals surface area contributed by atoms with Crippen LogP contribution in [0.1, 0.15) is 73.0 Å². The fraction of sp³-hybridized carbons (Fsp3) is 0.267. The number of ketones is 1. The molecule has 41 heavy (non-hydrogen) atoms. The summed E-state index contributed by atoms with van der Waals surface area (Å²) in [5, 5.41) is 10.2. The highest BCUT2D eigenvalue weighted by molar-refractivity contribution is 5.99. The molecule has 1 aliphatic carbocycles. The Labute approximate surface area is 235 Å². The average molecular weight is 553 g/mol. The lowest BCUT2D eigenvalue weighted by molar-refractivity contribution is -0.121. The molecule has 0 saturated carbocycles. The predicted octanol–water partition coefficient (Wildman–Crippen LogP) is 2.94. The maximum Gasteiger partial charge on any atom is 0.270 e. The monoisotopic (exact) mass is 552 g/mol. The van der Waals surface area contributed by atoms with E-state index in [-0.39, 0.29) is 48.2 Å². The van der Waals surface area contributed by atoms with Gasteiger partial charge in [0.15, 0.2) is 18.0 Å². The summed E-state index contributed by atoms with van der Waals surface area (Å²) < 4.78 is 6.87. The van der Waals surface area contributed by atoms with Crippen LogP contribution >= 0.6 is 0 Å². The highest BCUT2D eigenvalue weighted by Crippen LogP contribution is 2.35. The average Bonchev–Trinajstić information content (AvgIpc) is 3.61. The van der Waals surface area contributed by atoms with Crippen molar-refractivity contribution >= 4 is 34.8 Å². The van der Waals surface area contributed by atoms with Gasteiger partial charge in [-0.3, -0.25) is 19.2 Å². The van der Waals surface area contributed by atoms with E-state index in [0.29, 0.717) is 29.1 Å². The van der Waals surface area contributed by atoms with E-state index in [1.807, 2.05) is 25.1 Å². The first-order valence-electron chi connectivity index (χ1n) is 13.3. The smallest absolute Gasteiger partial charge is 0.270 e. The van der Waals surface area contributed by atoms with Crippen molar-refractivity contribution in [2.45, 2.75) is 39.3 Å². The molecule has 6 rings (SSSR count). The van der Waals surface area contributed by atoms with Gasteiger partial charge in [0.05, 0.1) is 17.9 Å². The van der Waals surface area contributed by atoms with Crippen LogP contribution < -0.4 is 20.3 Å². The standard InChI is InChI=1S/C30H28N6O5/c1-16-19(17(2)37)5-6-21-20(16)7-8-22(21)34-30(40)25-13-23(33-27-10-11-32-36(25)27)29(39)31-14-18-4-9-26-24(12-18)35(3)28(38)15-41-26/h4-6,9-13,22H,7-8,14-15H2,1-3H3,(H,31,39)(H,34,40)/t22-/m0/s1. The number of nitrogens with zero attached hydrogens (tertiary/aromatic N) is 4. The number of nitrogens with one attached hydrogen (secondary N) is 2. The van der Waals surface area contributed by atoms with E-state index in [2.05, 4.69) is 20.7 Å². The Morgan fingerprint density at radius 1 is 1.10 bits per heavy atom. The number of likely N-dealkylation sites (N-methyl/N-ethyl adjacent to an activating group) is 1. The molecule has 3 heterocycles. The number of fused-ring (bicyclic) bond motifs is 3. The SMILES string of the molecule is CC(=O)c1ccc2c(c1C)CC[C@@H]2NC(=O)c1cc(C(=O)NCc2ccc3c(c2)N(C)C(=O)CO3)nc2ccnn12. The number of rotatable bonds is 6. The number of aromatic nitrogens is 3. The van der Waals surface area contributed by atoms with Gasteiger partial charge in [-0.15, -0.1) is 0 Å². The van der Waals surface area contributed by atoms with Gasteiger partial charge >= 0.3 is 0 Å². The summed E-state index contributed by atoms with van der Waals surface area (Å²) in [7, 11) is 1.68. The lowest BCUT2D eigenvalue weighted by atomic mass is 9.96. The number of ether oxygens (including phenoxy) is 1. The molecular formula is C30H28N6O5. The minimum Gasteiger partial charge on any atom is -0.482 e. The number of Topliss-reactive ketones (excluding diaryl/α,β-unsaturated/α-hetero) is 1. The van der Waals surface area contributed by atoms with Gasteiger partial charge in [0.2, 0.25) is 0 Å². The molecule has 1 aliphatic heterocycles. The van der Waals surface area contributed by atoms with Gasteiger partial charge in [-0.1, -0.05) is 18.2 Å². The van der Waals surface area contributed by atoms with Gasteiger partial charge in [0.1, 0.15) is 17.1 Å². The Kier molecular flexibility index (Phi) is 6.49. The summed E-state index contributed by atoms with van der Waals surface area (Å²) in [5.41, 5.74) is 5.76. The normalized spacial score (nSPS) is 15.7. The molecular weight excluding hydrogens is 524 g/mol. The molecule has 0 spiro atoms. The summed E-state index contributed by atoms with van der Waals surface area (Å²) in [6, 6.07) is 11.9. The number of anilines is 1. The molecule has 0 saturated heterocycles. The first-order valence-corrected chi connectivity index (χ1v) is 13.3. The molecule has 2 N–H and O–H groups in total. The second kappa shape index (κ2) is 10.2. The van der Waals surface area contributed by atoms with Crippen molar-refractivity contribution in [2.24, 2.45) is 0 Å². The largest absolute Gasteiger partial charge is 0.482 e. The highest BCUT2D eigenvalue weighted by atomic mass is 16.5. The molecule has 2 aliphatic rings. The quantitative estimate of drug-likeness (QED) is 0.351. The molecule has 0 unspecified atom stereocenters. The number of hydrogen-bond donors (Lipinski definition) is 2. The second-order valence-corrected chi connectivity index (χ2v) is 10.3. The Morgan fingerprint density at radius 3 is 2.73 bits per heavy atom. The number of amides is 3. The van der Waals surface area contributed by atoms with Crippen LogP contribution in [0.15, 0.2) is 48.7 Å². The molecule has 2 aromatic carbocycles. The van der Waals surface area contributed by atoms with Crippen LogP contribution in [0, 0.1) is 6.92 Å². The molecule has 11 heteroatoms. The number of benzene rings is 2. The van der Waals surface area contributed by atoms with Crippen molar-refractivity contribution in [3.63, 3.8) is 0 Å². The molecule has 1 atom stereocenters. The Balaban J connectivity index is 1.21. The lowest BCUT2D eigenvalue weighted by Crippen LogP contribution is -2.35. The van der Waals surface area contributed by atoms with Crippen LogP contribution in [-0.4, -0.2) is 51.8 Å². The van der Waals surface area contributed by atoms with E-state index < -0.39 is 5.91 Å². The van der Waals surface area contributed by atoms with Crippen LogP contribution in [0.2, 0.25) is 0 Å². The third-order valence-corrected chi connectivity index (χ3v) is 7.77. The van der Waals surface area contributed by atoms with Crippen molar-refractivity contribution in [1.82, 2.24) is 25.2 Å².